The van der Waals surface area contributed by atoms with Crippen molar-refractivity contribution in [2.75, 3.05) is 31.7 Å². The zero-order chi connectivity index (χ0) is 22.0. The molecule has 1 aromatic heterocycles. The van der Waals surface area contributed by atoms with Gasteiger partial charge in [-0.15, -0.1) is 0 Å². The first-order valence-electron chi connectivity index (χ1n) is 11.5. The molecule has 0 unspecified atom stereocenters. The monoisotopic (exact) mass is 429 g/mol. The third kappa shape index (κ3) is 4.09. The summed E-state index contributed by atoms with van der Waals surface area (Å²) in [6, 6.07) is 19.6. The molecule has 1 aliphatic carbocycles. The summed E-state index contributed by atoms with van der Waals surface area (Å²) in [5, 5.41) is 0. The van der Waals surface area contributed by atoms with E-state index in [1.165, 1.54) is 36.0 Å². The van der Waals surface area contributed by atoms with E-state index in [4.69, 9.17) is 9.47 Å². The fourth-order valence-corrected chi connectivity index (χ4v) is 4.87. The highest BCUT2D eigenvalue weighted by molar-refractivity contribution is 5.44. The van der Waals surface area contributed by atoms with Crippen molar-refractivity contribution in [1.29, 1.82) is 0 Å². The molecule has 1 saturated heterocycles. The molecular weight excluding hydrogens is 398 g/mol. The molecule has 5 nitrogen and oxygen atoms in total. The maximum absolute atomic E-state index is 6.05. The number of anilines is 1. The van der Waals surface area contributed by atoms with Gasteiger partial charge in [-0.1, -0.05) is 48.4 Å². The van der Waals surface area contributed by atoms with E-state index in [2.05, 4.69) is 70.3 Å². The zero-order valence-electron chi connectivity index (χ0n) is 19.0. The van der Waals surface area contributed by atoms with Gasteiger partial charge < -0.3 is 14.4 Å². The van der Waals surface area contributed by atoms with Crippen molar-refractivity contribution in [1.82, 2.24) is 9.97 Å². The predicted octanol–water partition coefficient (Wildman–Crippen LogP) is 4.92. The first-order chi connectivity index (χ1) is 15.7. The maximum atomic E-state index is 6.05. The Labute approximate surface area is 190 Å². The van der Waals surface area contributed by atoms with Crippen molar-refractivity contribution in [3.63, 3.8) is 0 Å². The van der Waals surface area contributed by atoms with Crippen LogP contribution in [0, 0.1) is 12.8 Å². The predicted molar refractivity (Wildman–Crippen MR) is 126 cm³/mol. The summed E-state index contributed by atoms with van der Waals surface area (Å²) in [6.45, 7) is 5.27. The highest BCUT2D eigenvalue weighted by atomic mass is 16.5. The Kier molecular flexibility index (Phi) is 5.83. The maximum Gasteiger partial charge on any atom is 0.225 e. The Bertz CT molecular complexity index is 1040. The van der Waals surface area contributed by atoms with Gasteiger partial charge in [0.25, 0.3) is 0 Å². The summed E-state index contributed by atoms with van der Waals surface area (Å²) in [5.41, 5.74) is 5.17. The molecule has 2 heterocycles. The minimum Gasteiger partial charge on any atom is -0.487 e. The van der Waals surface area contributed by atoms with Gasteiger partial charge in [0.2, 0.25) is 5.95 Å². The summed E-state index contributed by atoms with van der Waals surface area (Å²) < 4.78 is 11.3. The van der Waals surface area contributed by atoms with Crippen molar-refractivity contribution >= 4 is 5.95 Å². The van der Waals surface area contributed by atoms with Gasteiger partial charge in [0, 0.05) is 37.7 Å². The summed E-state index contributed by atoms with van der Waals surface area (Å²) >= 11 is 0. The number of hydrogen-bond donors (Lipinski definition) is 0. The quantitative estimate of drug-likeness (QED) is 0.509. The molecule has 0 spiro atoms. The van der Waals surface area contributed by atoms with Gasteiger partial charge in [-0.3, -0.25) is 0 Å². The number of nitrogens with zero attached hydrogens (tertiary/aromatic N) is 3. The molecule has 0 atom stereocenters. The van der Waals surface area contributed by atoms with Crippen LogP contribution in [0.2, 0.25) is 0 Å². The van der Waals surface area contributed by atoms with E-state index in [0.29, 0.717) is 12.5 Å². The molecule has 0 amide bonds. The third-order valence-corrected chi connectivity index (χ3v) is 6.95. The zero-order valence-corrected chi connectivity index (χ0v) is 19.0. The van der Waals surface area contributed by atoms with Gasteiger partial charge in [-0.25, -0.2) is 9.97 Å². The van der Waals surface area contributed by atoms with Crippen LogP contribution >= 0.6 is 0 Å². The summed E-state index contributed by atoms with van der Waals surface area (Å²) in [7, 11) is 1.75. The van der Waals surface area contributed by atoms with Crippen molar-refractivity contribution in [2.24, 2.45) is 5.92 Å². The number of ether oxygens (including phenoxy) is 2. The largest absolute Gasteiger partial charge is 0.487 e. The van der Waals surface area contributed by atoms with E-state index >= 15 is 0 Å². The first kappa shape index (κ1) is 21.0. The van der Waals surface area contributed by atoms with E-state index in [9.17, 15) is 0 Å². The third-order valence-electron chi connectivity index (χ3n) is 6.95. The fraction of sp³-hybridized carbons (Fsp3) is 0.407. The molecule has 0 bridgehead atoms. The van der Waals surface area contributed by atoms with Gasteiger partial charge >= 0.3 is 0 Å². The van der Waals surface area contributed by atoms with Crippen molar-refractivity contribution in [3.8, 4) is 5.75 Å². The van der Waals surface area contributed by atoms with Crippen LogP contribution in [-0.2, 0) is 16.8 Å². The number of aromatic nitrogens is 2. The highest BCUT2D eigenvalue weighted by Crippen LogP contribution is 2.49. The van der Waals surface area contributed by atoms with Crippen LogP contribution in [0.25, 0.3) is 0 Å². The molecule has 2 aliphatic rings. The van der Waals surface area contributed by atoms with Gasteiger partial charge in [0.1, 0.15) is 12.4 Å². The van der Waals surface area contributed by atoms with Gasteiger partial charge in [0.15, 0.2) is 0 Å². The van der Waals surface area contributed by atoms with E-state index < -0.39 is 0 Å². The van der Waals surface area contributed by atoms with E-state index in [-0.39, 0.29) is 5.41 Å². The van der Waals surface area contributed by atoms with E-state index in [0.717, 1.165) is 37.1 Å². The number of hydrogen-bond acceptors (Lipinski definition) is 5. The first-order valence-corrected chi connectivity index (χ1v) is 11.5. The smallest absolute Gasteiger partial charge is 0.225 e. The minimum absolute atomic E-state index is 0.158. The molecule has 3 aromatic rings. The van der Waals surface area contributed by atoms with Gasteiger partial charge in [-0.05, 0) is 49.1 Å². The van der Waals surface area contributed by atoms with Crippen LogP contribution in [-0.4, -0.2) is 36.8 Å². The molecule has 166 valence electrons. The second-order valence-electron chi connectivity index (χ2n) is 9.19. The average Bonchev–Trinajstić information content (AvgIpc) is 2.76. The van der Waals surface area contributed by atoms with Crippen LogP contribution < -0.4 is 9.64 Å². The molecule has 0 radical (unpaired) electrons. The van der Waals surface area contributed by atoms with Gasteiger partial charge in [0.05, 0.1) is 12.3 Å². The highest BCUT2D eigenvalue weighted by Gasteiger charge is 2.40. The Morgan fingerprint density at radius 1 is 0.969 bits per heavy atom. The van der Waals surface area contributed by atoms with Crippen molar-refractivity contribution < 1.29 is 9.47 Å². The van der Waals surface area contributed by atoms with Crippen molar-refractivity contribution in [2.45, 2.75) is 38.2 Å². The number of methoxy groups -OCH3 is 1. The van der Waals surface area contributed by atoms with Crippen LogP contribution in [0.4, 0.5) is 5.95 Å². The van der Waals surface area contributed by atoms with Crippen LogP contribution in [0.15, 0.2) is 60.8 Å². The number of benzene rings is 2. The number of aryl methyl sites for hydroxylation is 1. The normalized spacial score (nSPS) is 17.5. The second kappa shape index (κ2) is 8.91. The topological polar surface area (TPSA) is 47.5 Å². The molecule has 5 rings (SSSR count). The molecule has 2 aromatic carbocycles. The number of rotatable bonds is 8. The Morgan fingerprint density at radius 2 is 1.66 bits per heavy atom. The standard InChI is InChI=1S/C27H31N3O2/c1-20-4-6-22(7-5-20)27(13-3-14-27)23-8-10-25(11-9-23)32-19-24-12-15-28-26(29-24)30-16-21(17-30)18-31-2/h4-12,15,21H,3,13-14,16-19H2,1-2H3. The summed E-state index contributed by atoms with van der Waals surface area (Å²) in [5.74, 6) is 2.22. The lowest BCUT2D eigenvalue weighted by Gasteiger charge is -2.43. The Morgan fingerprint density at radius 3 is 2.28 bits per heavy atom. The second-order valence-corrected chi connectivity index (χ2v) is 9.19. The Balaban J connectivity index is 1.22. The minimum atomic E-state index is 0.158. The molecule has 5 heteroatoms. The molecule has 1 saturated carbocycles. The van der Waals surface area contributed by atoms with Crippen LogP contribution in [0.3, 0.4) is 0 Å². The van der Waals surface area contributed by atoms with E-state index in [1.807, 2.05) is 12.3 Å². The van der Waals surface area contributed by atoms with Crippen LogP contribution in [0.1, 0.15) is 41.6 Å². The lowest BCUT2D eigenvalue weighted by Crippen LogP contribution is -2.49. The SMILES string of the molecule is COCC1CN(c2nccc(COc3ccc(C4(c5ccc(C)cc5)CCC4)cc3)n2)C1. The van der Waals surface area contributed by atoms with Gasteiger partial charge in [-0.2, -0.15) is 0 Å². The molecule has 2 fully saturated rings. The lowest BCUT2D eigenvalue weighted by molar-refractivity contribution is 0.136. The molecule has 1 aliphatic heterocycles. The molecule has 32 heavy (non-hydrogen) atoms. The van der Waals surface area contributed by atoms with Crippen LogP contribution in [0.5, 0.6) is 5.75 Å². The van der Waals surface area contributed by atoms with Crippen molar-refractivity contribution in [3.05, 3.63) is 83.2 Å². The molecule has 0 N–H and O–H groups in total. The lowest BCUT2D eigenvalue weighted by atomic mass is 9.60. The van der Waals surface area contributed by atoms with E-state index in [1.54, 1.807) is 7.11 Å². The average molecular weight is 430 g/mol. The fourth-order valence-electron chi connectivity index (χ4n) is 4.87. The Hall–Kier alpha value is -2.92. The summed E-state index contributed by atoms with van der Waals surface area (Å²) in [4.78, 5) is 11.3. The summed E-state index contributed by atoms with van der Waals surface area (Å²) in [6.07, 6.45) is 5.52. The molecular formula is C27H31N3O2.